The summed E-state index contributed by atoms with van der Waals surface area (Å²) in [6, 6.07) is 6.30. The molecule has 2 aromatic rings. The van der Waals surface area contributed by atoms with Crippen LogP contribution in [0.1, 0.15) is 34.1 Å². The molecule has 3 rings (SSSR count). The Hall–Kier alpha value is -1.75. The van der Waals surface area contributed by atoms with Crippen molar-refractivity contribution in [3.8, 4) is 10.6 Å². The fourth-order valence-corrected chi connectivity index (χ4v) is 2.89. The number of carbonyl (C=O) groups is 1. The Labute approximate surface area is 107 Å². The molecule has 0 atom stereocenters. The van der Waals surface area contributed by atoms with Crippen molar-refractivity contribution in [2.24, 2.45) is 0 Å². The Bertz CT molecular complexity index is 619. The van der Waals surface area contributed by atoms with E-state index in [1.807, 2.05) is 0 Å². The lowest BCUT2D eigenvalue weighted by atomic mass is 10.2. The largest absolute Gasteiger partial charge is 0.477 e. The van der Waals surface area contributed by atoms with Gasteiger partial charge in [0.15, 0.2) is 0 Å². The predicted octanol–water partition coefficient (Wildman–Crippen LogP) is 3.52. The molecule has 1 saturated carbocycles. The number of carboxylic acids is 1. The van der Waals surface area contributed by atoms with Gasteiger partial charge >= 0.3 is 5.97 Å². The molecule has 0 saturated heterocycles. The number of aromatic carboxylic acids is 1. The lowest BCUT2D eigenvalue weighted by molar-refractivity contribution is 0.0700. The summed E-state index contributed by atoms with van der Waals surface area (Å²) in [6.45, 7) is 0. The molecule has 0 radical (unpaired) electrons. The number of hydrogen-bond donors (Lipinski definition) is 1. The monoisotopic (exact) mass is 263 g/mol. The summed E-state index contributed by atoms with van der Waals surface area (Å²) in [5.41, 5.74) is 0.989. The van der Waals surface area contributed by atoms with Crippen LogP contribution in [0, 0.1) is 5.82 Å². The molecular formula is C13H10FNO2S. The second-order valence-electron chi connectivity index (χ2n) is 4.29. The SMILES string of the molecule is O=C(O)c1sc(-c2ccccc2F)nc1C1CC1. The number of carboxylic acid groups (broad SMARTS) is 1. The molecule has 0 spiro atoms. The quantitative estimate of drug-likeness (QED) is 0.921. The van der Waals surface area contributed by atoms with Gasteiger partial charge in [-0.1, -0.05) is 12.1 Å². The topological polar surface area (TPSA) is 50.2 Å². The molecule has 1 aliphatic carbocycles. The van der Waals surface area contributed by atoms with Gasteiger partial charge in [-0.15, -0.1) is 11.3 Å². The van der Waals surface area contributed by atoms with E-state index in [1.165, 1.54) is 6.07 Å². The van der Waals surface area contributed by atoms with Crippen molar-refractivity contribution in [1.29, 1.82) is 0 Å². The van der Waals surface area contributed by atoms with Crippen LogP contribution in [-0.4, -0.2) is 16.1 Å². The summed E-state index contributed by atoms with van der Waals surface area (Å²) in [5, 5.41) is 9.60. The molecule has 1 aromatic carbocycles. The first-order chi connectivity index (χ1) is 8.66. The summed E-state index contributed by atoms with van der Waals surface area (Å²) in [6.07, 6.45) is 1.95. The number of halogens is 1. The summed E-state index contributed by atoms with van der Waals surface area (Å²) < 4.78 is 13.7. The van der Waals surface area contributed by atoms with E-state index >= 15 is 0 Å². The lowest BCUT2D eigenvalue weighted by Crippen LogP contribution is -1.97. The molecule has 1 fully saturated rings. The van der Waals surface area contributed by atoms with Crippen molar-refractivity contribution < 1.29 is 14.3 Å². The van der Waals surface area contributed by atoms with E-state index in [9.17, 15) is 9.18 Å². The van der Waals surface area contributed by atoms with Crippen LogP contribution < -0.4 is 0 Å². The Balaban J connectivity index is 2.11. The maximum absolute atomic E-state index is 13.7. The van der Waals surface area contributed by atoms with E-state index in [-0.39, 0.29) is 16.6 Å². The highest BCUT2D eigenvalue weighted by Crippen LogP contribution is 2.44. The molecule has 5 heteroatoms. The number of aromatic nitrogens is 1. The van der Waals surface area contributed by atoms with Crippen molar-refractivity contribution in [3.05, 3.63) is 40.7 Å². The Kier molecular flexibility index (Phi) is 2.63. The fraction of sp³-hybridized carbons (Fsp3) is 0.231. The van der Waals surface area contributed by atoms with Crippen LogP contribution in [-0.2, 0) is 0 Å². The maximum atomic E-state index is 13.7. The smallest absolute Gasteiger partial charge is 0.347 e. The zero-order valence-corrected chi connectivity index (χ0v) is 10.2. The number of thiazole rings is 1. The molecule has 92 valence electrons. The highest BCUT2D eigenvalue weighted by molar-refractivity contribution is 7.17. The average molecular weight is 263 g/mol. The molecular weight excluding hydrogens is 253 g/mol. The van der Waals surface area contributed by atoms with Gasteiger partial charge in [-0.05, 0) is 25.0 Å². The molecule has 1 aromatic heterocycles. The minimum absolute atomic E-state index is 0.243. The first-order valence-corrected chi connectivity index (χ1v) is 6.47. The third kappa shape index (κ3) is 1.90. The highest BCUT2D eigenvalue weighted by Gasteiger charge is 2.32. The third-order valence-electron chi connectivity index (χ3n) is 2.92. The number of rotatable bonds is 3. The van der Waals surface area contributed by atoms with Gasteiger partial charge in [-0.3, -0.25) is 0 Å². The normalized spacial score (nSPS) is 14.7. The van der Waals surface area contributed by atoms with Crippen LogP contribution in [0.15, 0.2) is 24.3 Å². The molecule has 1 N–H and O–H groups in total. The second kappa shape index (κ2) is 4.17. The standard InChI is InChI=1S/C13H10FNO2S/c14-9-4-2-1-3-8(9)12-15-10(7-5-6-7)11(18-12)13(16)17/h1-4,7H,5-6H2,(H,16,17). The van der Waals surface area contributed by atoms with Crippen molar-refractivity contribution in [3.63, 3.8) is 0 Å². The fourth-order valence-electron chi connectivity index (χ4n) is 1.87. The third-order valence-corrected chi connectivity index (χ3v) is 4.01. The van der Waals surface area contributed by atoms with Crippen LogP contribution in [0.25, 0.3) is 10.6 Å². The van der Waals surface area contributed by atoms with Crippen LogP contribution in [0.2, 0.25) is 0 Å². The minimum atomic E-state index is -0.975. The lowest BCUT2D eigenvalue weighted by Gasteiger charge is -1.96. The van der Waals surface area contributed by atoms with E-state index in [0.717, 1.165) is 24.2 Å². The molecule has 0 aliphatic heterocycles. The Morgan fingerprint density at radius 1 is 1.39 bits per heavy atom. The van der Waals surface area contributed by atoms with Gasteiger partial charge in [0, 0.05) is 11.5 Å². The molecule has 0 amide bonds. The van der Waals surface area contributed by atoms with Crippen molar-refractivity contribution in [2.75, 3.05) is 0 Å². The minimum Gasteiger partial charge on any atom is -0.477 e. The molecule has 1 aliphatic rings. The van der Waals surface area contributed by atoms with Gasteiger partial charge < -0.3 is 5.11 Å². The number of hydrogen-bond acceptors (Lipinski definition) is 3. The molecule has 0 unspecified atom stereocenters. The molecule has 18 heavy (non-hydrogen) atoms. The van der Waals surface area contributed by atoms with E-state index in [0.29, 0.717) is 16.3 Å². The van der Waals surface area contributed by atoms with Crippen molar-refractivity contribution in [1.82, 2.24) is 4.98 Å². The van der Waals surface area contributed by atoms with Crippen LogP contribution in [0.5, 0.6) is 0 Å². The zero-order valence-electron chi connectivity index (χ0n) is 9.39. The van der Waals surface area contributed by atoms with E-state index < -0.39 is 5.97 Å². The van der Waals surface area contributed by atoms with Crippen LogP contribution in [0.4, 0.5) is 4.39 Å². The summed E-state index contributed by atoms with van der Waals surface area (Å²) in [4.78, 5) is 15.7. The van der Waals surface area contributed by atoms with Gasteiger partial charge in [-0.2, -0.15) is 0 Å². The molecule has 0 bridgehead atoms. The highest BCUT2D eigenvalue weighted by atomic mass is 32.1. The first-order valence-electron chi connectivity index (χ1n) is 5.65. The van der Waals surface area contributed by atoms with E-state index in [1.54, 1.807) is 18.2 Å². The van der Waals surface area contributed by atoms with Crippen molar-refractivity contribution >= 4 is 17.3 Å². The summed E-state index contributed by atoms with van der Waals surface area (Å²) >= 11 is 1.05. The van der Waals surface area contributed by atoms with Crippen LogP contribution in [0.3, 0.4) is 0 Å². The zero-order chi connectivity index (χ0) is 12.7. The maximum Gasteiger partial charge on any atom is 0.347 e. The van der Waals surface area contributed by atoms with Crippen molar-refractivity contribution in [2.45, 2.75) is 18.8 Å². The van der Waals surface area contributed by atoms with Gasteiger partial charge in [0.1, 0.15) is 15.7 Å². The first kappa shape index (κ1) is 11.3. The van der Waals surface area contributed by atoms with E-state index in [2.05, 4.69) is 4.98 Å². The Morgan fingerprint density at radius 2 is 2.11 bits per heavy atom. The van der Waals surface area contributed by atoms with Gasteiger partial charge in [0.05, 0.1) is 5.69 Å². The average Bonchev–Trinajstić information content (AvgIpc) is 3.09. The second-order valence-corrected chi connectivity index (χ2v) is 5.29. The van der Waals surface area contributed by atoms with Gasteiger partial charge in [0.2, 0.25) is 0 Å². The van der Waals surface area contributed by atoms with E-state index in [4.69, 9.17) is 5.11 Å². The van der Waals surface area contributed by atoms with Gasteiger partial charge in [-0.25, -0.2) is 14.2 Å². The molecule has 1 heterocycles. The number of benzene rings is 1. The van der Waals surface area contributed by atoms with Gasteiger partial charge in [0.25, 0.3) is 0 Å². The molecule has 3 nitrogen and oxygen atoms in total. The summed E-state index contributed by atoms with van der Waals surface area (Å²) in [5.74, 6) is -1.10. The van der Waals surface area contributed by atoms with Crippen LogP contribution >= 0.6 is 11.3 Å². The Morgan fingerprint density at radius 3 is 2.72 bits per heavy atom. The number of nitrogens with zero attached hydrogens (tertiary/aromatic N) is 1. The predicted molar refractivity (Wildman–Crippen MR) is 66.4 cm³/mol. The summed E-state index contributed by atoms with van der Waals surface area (Å²) in [7, 11) is 0.